The zero-order valence-electron chi connectivity index (χ0n) is 6.43. The minimum Gasteiger partial charge on any atom is -0.385 e. The van der Waals surface area contributed by atoms with Crippen LogP contribution in [0.15, 0.2) is 16.9 Å². The molecule has 0 aliphatic heterocycles. The quantitative estimate of drug-likeness (QED) is 0.309. The van der Waals surface area contributed by atoms with Gasteiger partial charge in [-0.3, -0.25) is 4.79 Å². The summed E-state index contributed by atoms with van der Waals surface area (Å²) in [7, 11) is 0. The van der Waals surface area contributed by atoms with Crippen molar-refractivity contribution >= 4 is 11.6 Å². The maximum atomic E-state index is 10.5. The summed E-state index contributed by atoms with van der Waals surface area (Å²) in [6.45, 7) is 0. The molecule has 1 aromatic heterocycles. The number of aromatic nitrogens is 1. The number of pyridine rings is 1. The number of anilines is 2. The lowest BCUT2D eigenvalue weighted by molar-refractivity contribution is -0.742. The SMILES string of the molecule is Nc1cc(=O)cc(N)[nH]1.O=[N+]([O-])O. The van der Waals surface area contributed by atoms with Crippen molar-refractivity contribution in [2.75, 3.05) is 11.5 Å². The minimum atomic E-state index is -1.50. The van der Waals surface area contributed by atoms with Crippen LogP contribution in [0.4, 0.5) is 11.6 Å². The van der Waals surface area contributed by atoms with Crippen LogP contribution in [-0.4, -0.2) is 15.3 Å². The van der Waals surface area contributed by atoms with E-state index in [1.165, 1.54) is 12.1 Å². The van der Waals surface area contributed by atoms with E-state index in [0.717, 1.165) is 0 Å². The predicted molar refractivity (Wildman–Crippen MR) is 44.7 cm³/mol. The summed E-state index contributed by atoms with van der Waals surface area (Å²) in [4.78, 5) is 21.5. The number of nitrogens with zero attached hydrogens (tertiary/aromatic N) is 1. The van der Waals surface area contributed by atoms with E-state index >= 15 is 0 Å². The average molecular weight is 188 g/mol. The van der Waals surface area contributed by atoms with Crippen LogP contribution in [0.1, 0.15) is 0 Å². The lowest BCUT2D eigenvalue weighted by Gasteiger charge is -1.93. The number of nitrogen functional groups attached to an aromatic ring is 2. The zero-order valence-corrected chi connectivity index (χ0v) is 6.43. The molecule has 13 heavy (non-hydrogen) atoms. The molecule has 0 unspecified atom stereocenters. The summed E-state index contributed by atoms with van der Waals surface area (Å²) >= 11 is 0. The molecule has 0 aromatic carbocycles. The van der Waals surface area contributed by atoms with Gasteiger partial charge >= 0.3 is 0 Å². The Morgan fingerprint density at radius 1 is 1.38 bits per heavy atom. The van der Waals surface area contributed by atoms with Crippen molar-refractivity contribution in [1.29, 1.82) is 0 Å². The molecule has 0 saturated carbocycles. The van der Waals surface area contributed by atoms with Crippen molar-refractivity contribution < 1.29 is 10.3 Å². The van der Waals surface area contributed by atoms with Crippen LogP contribution < -0.4 is 16.9 Å². The highest BCUT2D eigenvalue weighted by Gasteiger charge is 1.88. The summed E-state index contributed by atoms with van der Waals surface area (Å²) in [6, 6.07) is 2.55. The second kappa shape index (κ2) is 4.59. The highest BCUT2D eigenvalue weighted by Crippen LogP contribution is 1.94. The second-order valence-corrected chi connectivity index (χ2v) is 1.96. The molecule has 0 saturated heterocycles. The Balaban J connectivity index is 0.000000310. The topological polar surface area (TPSA) is 148 Å². The Hall–Kier alpha value is -2.25. The van der Waals surface area contributed by atoms with Crippen molar-refractivity contribution in [2.45, 2.75) is 0 Å². The molecular formula is C5H8N4O4. The highest BCUT2D eigenvalue weighted by molar-refractivity contribution is 5.38. The molecular weight excluding hydrogens is 180 g/mol. The van der Waals surface area contributed by atoms with Crippen LogP contribution in [0.5, 0.6) is 0 Å². The van der Waals surface area contributed by atoms with Gasteiger partial charge < -0.3 is 21.7 Å². The maximum Gasteiger partial charge on any atom is 0.291 e. The third-order valence-electron chi connectivity index (χ3n) is 0.884. The van der Waals surface area contributed by atoms with Gasteiger partial charge in [-0.2, -0.15) is 0 Å². The number of rotatable bonds is 0. The lowest BCUT2D eigenvalue weighted by Crippen LogP contribution is -2.05. The van der Waals surface area contributed by atoms with Crippen molar-refractivity contribution in [3.8, 4) is 0 Å². The Kier molecular flexibility index (Phi) is 3.80. The van der Waals surface area contributed by atoms with Gasteiger partial charge in [0.25, 0.3) is 5.09 Å². The number of hydrogen-bond acceptors (Lipinski definition) is 5. The molecule has 0 spiro atoms. The van der Waals surface area contributed by atoms with Gasteiger partial charge in [0.05, 0.1) is 0 Å². The van der Waals surface area contributed by atoms with E-state index in [2.05, 4.69) is 4.98 Å². The van der Waals surface area contributed by atoms with Crippen LogP contribution in [-0.2, 0) is 0 Å². The van der Waals surface area contributed by atoms with Crippen molar-refractivity contribution in [1.82, 2.24) is 4.98 Å². The van der Waals surface area contributed by atoms with E-state index in [1.807, 2.05) is 0 Å². The molecule has 1 rings (SSSR count). The summed E-state index contributed by atoms with van der Waals surface area (Å²) in [5.74, 6) is 0.583. The summed E-state index contributed by atoms with van der Waals surface area (Å²) in [5.41, 5.74) is 10.3. The number of H-pyrrole nitrogens is 1. The fourth-order valence-electron chi connectivity index (χ4n) is 0.587. The lowest BCUT2D eigenvalue weighted by atomic mass is 10.4. The highest BCUT2D eigenvalue weighted by atomic mass is 16.9. The maximum absolute atomic E-state index is 10.5. The van der Waals surface area contributed by atoms with Gasteiger partial charge in [0.15, 0.2) is 5.43 Å². The summed E-state index contributed by atoms with van der Waals surface area (Å²) in [5, 5.41) is 13.6. The van der Waals surface area contributed by atoms with Gasteiger partial charge in [-0.1, -0.05) is 0 Å². The normalized spacial score (nSPS) is 8.31. The van der Waals surface area contributed by atoms with Crippen molar-refractivity contribution in [3.63, 3.8) is 0 Å². The molecule has 8 heteroatoms. The molecule has 72 valence electrons. The monoisotopic (exact) mass is 188 g/mol. The molecule has 1 aromatic rings. The van der Waals surface area contributed by atoms with E-state index in [9.17, 15) is 4.79 Å². The van der Waals surface area contributed by atoms with Gasteiger partial charge in [-0.15, -0.1) is 10.1 Å². The van der Waals surface area contributed by atoms with Gasteiger partial charge in [0.2, 0.25) is 0 Å². The Morgan fingerprint density at radius 2 is 1.69 bits per heavy atom. The molecule has 0 aliphatic rings. The third kappa shape index (κ3) is 6.16. The van der Waals surface area contributed by atoms with E-state index in [-0.39, 0.29) is 5.43 Å². The van der Waals surface area contributed by atoms with E-state index in [1.54, 1.807) is 0 Å². The van der Waals surface area contributed by atoms with E-state index < -0.39 is 5.09 Å². The summed E-state index contributed by atoms with van der Waals surface area (Å²) < 4.78 is 0. The smallest absolute Gasteiger partial charge is 0.291 e. The molecule has 0 atom stereocenters. The molecule has 0 bridgehead atoms. The Bertz CT molecular complexity index is 319. The molecule has 0 fully saturated rings. The number of nitrogens with two attached hydrogens (primary N) is 2. The van der Waals surface area contributed by atoms with Crippen LogP contribution in [0.25, 0.3) is 0 Å². The number of nitrogens with one attached hydrogen (secondary N) is 1. The number of aromatic amines is 1. The fourth-order valence-corrected chi connectivity index (χ4v) is 0.587. The first-order valence-electron chi connectivity index (χ1n) is 3.00. The molecule has 0 amide bonds. The van der Waals surface area contributed by atoms with Crippen LogP contribution in [0.2, 0.25) is 0 Å². The van der Waals surface area contributed by atoms with E-state index in [4.69, 9.17) is 26.8 Å². The largest absolute Gasteiger partial charge is 0.385 e. The van der Waals surface area contributed by atoms with Crippen LogP contribution in [0, 0.1) is 10.1 Å². The molecule has 1 heterocycles. The zero-order chi connectivity index (χ0) is 10.4. The van der Waals surface area contributed by atoms with Gasteiger partial charge in [-0.05, 0) is 0 Å². The van der Waals surface area contributed by atoms with Gasteiger partial charge in [-0.25, -0.2) is 0 Å². The molecule has 0 aliphatic carbocycles. The van der Waals surface area contributed by atoms with Crippen molar-refractivity contribution in [2.24, 2.45) is 0 Å². The minimum absolute atomic E-state index is 0.177. The van der Waals surface area contributed by atoms with Gasteiger partial charge in [0, 0.05) is 12.1 Å². The van der Waals surface area contributed by atoms with Crippen LogP contribution >= 0.6 is 0 Å². The average Bonchev–Trinajstić information content (AvgIpc) is 1.80. The van der Waals surface area contributed by atoms with Crippen molar-refractivity contribution in [3.05, 3.63) is 32.5 Å². The second-order valence-electron chi connectivity index (χ2n) is 1.96. The first-order chi connectivity index (χ1) is 5.91. The fraction of sp³-hybridized carbons (Fsp3) is 0. The first-order valence-corrected chi connectivity index (χ1v) is 3.00. The first kappa shape index (κ1) is 10.8. The van der Waals surface area contributed by atoms with Gasteiger partial charge in [0.1, 0.15) is 11.6 Å². The molecule has 8 nitrogen and oxygen atoms in total. The van der Waals surface area contributed by atoms with E-state index in [0.29, 0.717) is 11.6 Å². The Labute approximate surface area is 71.9 Å². The van der Waals surface area contributed by atoms with Crippen LogP contribution in [0.3, 0.4) is 0 Å². The number of hydrogen-bond donors (Lipinski definition) is 4. The third-order valence-corrected chi connectivity index (χ3v) is 0.884. The standard InChI is InChI=1S/C5H7N3O.HNO3/c6-4-1-3(9)2-5(7)8-4;2-1(3)4/h1-2H,(H5,6,7,8,9);(H,2,3,4). The molecule has 6 N–H and O–H groups in total. The predicted octanol–water partition coefficient (Wildman–Crippen LogP) is -0.808. The Morgan fingerprint density at radius 3 is 1.92 bits per heavy atom. The summed E-state index contributed by atoms with van der Waals surface area (Å²) in [6.07, 6.45) is 0. The molecule has 0 radical (unpaired) electrons.